The normalized spacial score (nSPS) is 26.7. The Morgan fingerprint density at radius 3 is 2.33 bits per heavy atom. The topological polar surface area (TPSA) is 51.2 Å². The highest BCUT2D eigenvalue weighted by molar-refractivity contribution is 4.86. The van der Waals surface area contributed by atoms with Crippen LogP contribution < -0.4 is 0 Å². The zero-order chi connectivity index (χ0) is 13.4. The molecule has 18 heavy (non-hydrogen) atoms. The molecule has 3 unspecified atom stereocenters. The molecule has 108 valence electrons. The van der Waals surface area contributed by atoms with Crippen molar-refractivity contribution in [3.8, 4) is 0 Å². The van der Waals surface area contributed by atoms with Crippen LogP contribution in [0.15, 0.2) is 0 Å². The second kappa shape index (κ2) is 8.82. The second-order valence-electron chi connectivity index (χ2n) is 4.85. The summed E-state index contributed by atoms with van der Waals surface area (Å²) in [6.45, 7) is 5.49. The fourth-order valence-electron chi connectivity index (χ4n) is 2.24. The maximum absolute atomic E-state index is 9.88. The van der Waals surface area contributed by atoms with Gasteiger partial charge in [0.05, 0.1) is 24.9 Å². The molecule has 5 heteroatoms. The largest absolute Gasteiger partial charge is 0.389 e. The molecule has 1 aliphatic rings. The zero-order valence-corrected chi connectivity index (χ0v) is 11.8. The number of rotatable bonds is 9. The van der Waals surface area contributed by atoms with Crippen LogP contribution in [0.25, 0.3) is 0 Å². The average molecular weight is 261 g/mol. The molecule has 3 atom stereocenters. The first kappa shape index (κ1) is 15.9. The van der Waals surface area contributed by atoms with E-state index in [1.54, 1.807) is 14.2 Å². The SMILES string of the molecule is CCCCOCC(O)CN1CC(OC)C(OC)C1. The standard InChI is InChI=1S/C13H27NO4/c1-4-5-6-18-10-11(15)7-14-8-12(16-2)13(9-14)17-3/h11-13,15H,4-10H2,1-3H3. The number of likely N-dealkylation sites (tertiary alicyclic amines) is 1. The van der Waals surface area contributed by atoms with Crippen molar-refractivity contribution < 1.29 is 19.3 Å². The van der Waals surface area contributed by atoms with E-state index in [0.29, 0.717) is 13.2 Å². The fourth-order valence-corrected chi connectivity index (χ4v) is 2.24. The lowest BCUT2D eigenvalue weighted by atomic mass is 10.3. The summed E-state index contributed by atoms with van der Waals surface area (Å²) in [7, 11) is 3.40. The van der Waals surface area contributed by atoms with E-state index in [-0.39, 0.29) is 12.2 Å². The van der Waals surface area contributed by atoms with Crippen LogP contribution in [-0.2, 0) is 14.2 Å². The minimum Gasteiger partial charge on any atom is -0.389 e. The summed E-state index contributed by atoms with van der Waals surface area (Å²) in [5.41, 5.74) is 0. The lowest BCUT2D eigenvalue weighted by Gasteiger charge is -2.19. The summed E-state index contributed by atoms with van der Waals surface area (Å²) >= 11 is 0. The van der Waals surface area contributed by atoms with Crippen molar-refractivity contribution in [3.05, 3.63) is 0 Å². The third kappa shape index (κ3) is 5.20. The highest BCUT2D eigenvalue weighted by Gasteiger charge is 2.33. The molecule has 1 rings (SSSR count). The van der Waals surface area contributed by atoms with Gasteiger partial charge in [-0.3, -0.25) is 4.90 Å². The first-order chi connectivity index (χ1) is 8.71. The number of ether oxygens (including phenoxy) is 3. The van der Waals surface area contributed by atoms with E-state index in [2.05, 4.69) is 11.8 Å². The molecule has 1 saturated heterocycles. The quantitative estimate of drug-likeness (QED) is 0.613. The molecule has 0 spiro atoms. The minimum absolute atomic E-state index is 0.100. The Morgan fingerprint density at radius 2 is 1.83 bits per heavy atom. The van der Waals surface area contributed by atoms with Gasteiger partial charge in [0.1, 0.15) is 0 Å². The lowest BCUT2D eigenvalue weighted by molar-refractivity contribution is -0.00461. The van der Waals surface area contributed by atoms with Crippen LogP contribution in [0.3, 0.4) is 0 Å². The second-order valence-corrected chi connectivity index (χ2v) is 4.85. The molecule has 0 amide bonds. The predicted molar refractivity (Wildman–Crippen MR) is 69.8 cm³/mol. The third-order valence-electron chi connectivity index (χ3n) is 3.32. The molecule has 0 aromatic carbocycles. The summed E-state index contributed by atoms with van der Waals surface area (Å²) in [5.74, 6) is 0. The van der Waals surface area contributed by atoms with Gasteiger partial charge in [-0.1, -0.05) is 13.3 Å². The molecule has 0 saturated carbocycles. The number of hydrogen-bond acceptors (Lipinski definition) is 5. The van der Waals surface area contributed by atoms with Crippen LogP contribution in [0.1, 0.15) is 19.8 Å². The highest BCUT2D eigenvalue weighted by Crippen LogP contribution is 2.15. The molecule has 0 aromatic heterocycles. The van der Waals surface area contributed by atoms with Crippen molar-refractivity contribution in [2.24, 2.45) is 0 Å². The summed E-state index contributed by atoms with van der Waals surface area (Å²) in [6.07, 6.45) is 1.93. The Kier molecular flexibility index (Phi) is 7.77. The number of unbranched alkanes of at least 4 members (excludes halogenated alkanes) is 1. The van der Waals surface area contributed by atoms with Gasteiger partial charge in [-0.2, -0.15) is 0 Å². The lowest BCUT2D eigenvalue weighted by Crippen LogP contribution is -2.34. The van der Waals surface area contributed by atoms with Gasteiger partial charge in [0.2, 0.25) is 0 Å². The van der Waals surface area contributed by atoms with Gasteiger partial charge in [-0.15, -0.1) is 0 Å². The van der Waals surface area contributed by atoms with Crippen LogP contribution >= 0.6 is 0 Å². The van der Waals surface area contributed by atoms with Gasteiger partial charge in [-0.25, -0.2) is 0 Å². The third-order valence-corrected chi connectivity index (χ3v) is 3.32. The zero-order valence-electron chi connectivity index (χ0n) is 11.8. The van der Waals surface area contributed by atoms with Crippen molar-refractivity contribution >= 4 is 0 Å². The number of β-amino-alcohol motifs (C(OH)–C–C–N with tert-alkyl or cyclic N) is 1. The van der Waals surface area contributed by atoms with E-state index in [1.807, 2.05) is 0 Å². The van der Waals surface area contributed by atoms with Gasteiger partial charge in [0.25, 0.3) is 0 Å². The fraction of sp³-hybridized carbons (Fsp3) is 1.00. The van der Waals surface area contributed by atoms with Crippen molar-refractivity contribution in [2.45, 2.75) is 38.1 Å². The maximum Gasteiger partial charge on any atom is 0.0971 e. The summed E-state index contributed by atoms with van der Waals surface area (Å²) in [6, 6.07) is 0. The molecule has 5 nitrogen and oxygen atoms in total. The summed E-state index contributed by atoms with van der Waals surface area (Å²) in [4.78, 5) is 2.16. The first-order valence-electron chi connectivity index (χ1n) is 6.75. The van der Waals surface area contributed by atoms with Gasteiger partial charge in [0, 0.05) is 40.5 Å². The molecule has 0 aromatic rings. The summed E-state index contributed by atoms with van der Waals surface area (Å²) in [5, 5.41) is 9.88. The van der Waals surface area contributed by atoms with Crippen molar-refractivity contribution in [2.75, 3.05) is 47.1 Å². The maximum atomic E-state index is 9.88. The first-order valence-corrected chi connectivity index (χ1v) is 6.75. The Labute approximate surface area is 110 Å². The number of hydrogen-bond donors (Lipinski definition) is 1. The van der Waals surface area contributed by atoms with Crippen molar-refractivity contribution in [3.63, 3.8) is 0 Å². The van der Waals surface area contributed by atoms with Crippen LogP contribution in [0.2, 0.25) is 0 Å². The van der Waals surface area contributed by atoms with E-state index in [4.69, 9.17) is 14.2 Å². The van der Waals surface area contributed by atoms with E-state index in [0.717, 1.165) is 32.5 Å². The van der Waals surface area contributed by atoms with Crippen molar-refractivity contribution in [1.82, 2.24) is 4.90 Å². The van der Waals surface area contributed by atoms with Gasteiger partial charge >= 0.3 is 0 Å². The Bertz CT molecular complexity index is 203. The monoisotopic (exact) mass is 261 g/mol. The molecule has 1 N–H and O–H groups in total. The molecular weight excluding hydrogens is 234 g/mol. The Morgan fingerprint density at radius 1 is 1.22 bits per heavy atom. The molecule has 0 aliphatic carbocycles. The van der Waals surface area contributed by atoms with Crippen LogP contribution in [0.5, 0.6) is 0 Å². The van der Waals surface area contributed by atoms with Gasteiger partial charge in [-0.05, 0) is 6.42 Å². The highest BCUT2D eigenvalue weighted by atomic mass is 16.5. The molecular formula is C13H27NO4. The van der Waals surface area contributed by atoms with E-state index in [1.165, 1.54) is 0 Å². The minimum atomic E-state index is -0.435. The van der Waals surface area contributed by atoms with E-state index >= 15 is 0 Å². The van der Waals surface area contributed by atoms with Crippen LogP contribution in [0.4, 0.5) is 0 Å². The average Bonchev–Trinajstić information content (AvgIpc) is 2.76. The van der Waals surface area contributed by atoms with Gasteiger partial charge < -0.3 is 19.3 Å². The number of aliphatic hydroxyl groups excluding tert-OH is 1. The van der Waals surface area contributed by atoms with Gasteiger partial charge in [0.15, 0.2) is 0 Å². The molecule has 1 aliphatic heterocycles. The van der Waals surface area contributed by atoms with Crippen LogP contribution in [0, 0.1) is 0 Å². The number of methoxy groups -OCH3 is 2. The smallest absolute Gasteiger partial charge is 0.0971 e. The predicted octanol–water partition coefficient (Wildman–Crippen LogP) is 0.510. The summed E-state index contributed by atoms with van der Waals surface area (Å²) < 4.78 is 16.1. The van der Waals surface area contributed by atoms with E-state index < -0.39 is 6.10 Å². The molecule has 1 fully saturated rings. The Balaban J connectivity index is 2.18. The molecule has 1 heterocycles. The number of aliphatic hydroxyl groups is 1. The number of nitrogens with zero attached hydrogens (tertiary/aromatic N) is 1. The van der Waals surface area contributed by atoms with Crippen molar-refractivity contribution in [1.29, 1.82) is 0 Å². The van der Waals surface area contributed by atoms with Crippen LogP contribution in [-0.4, -0.2) is 75.4 Å². The molecule has 0 radical (unpaired) electrons. The Hall–Kier alpha value is -0.200. The molecule has 0 bridgehead atoms. The van der Waals surface area contributed by atoms with E-state index in [9.17, 15) is 5.11 Å².